The molecule has 10 nitrogen and oxygen atoms in total. The maximum Gasteiger partial charge on any atom is 0.407 e. The van der Waals surface area contributed by atoms with Gasteiger partial charge in [-0.3, -0.25) is 0 Å². The van der Waals surface area contributed by atoms with E-state index in [9.17, 15) is 19.2 Å². The molecule has 0 aromatic rings. The first-order chi connectivity index (χ1) is 13.4. The quantitative estimate of drug-likeness (QED) is 0.243. The molecule has 1 saturated carbocycles. The van der Waals surface area contributed by atoms with E-state index in [0.717, 1.165) is 12.2 Å². The number of alkyl carbamates (subject to hydrolysis) is 2. The van der Waals surface area contributed by atoms with Crippen LogP contribution in [-0.4, -0.2) is 62.6 Å². The molecule has 0 aliphatic heterocycles. The third-order valence-electron chi connectivity index (χ3n) is 3.73. The standard InChI is InChI=1S/C18H26N2O8/c1-3-15(21)25-11-9-19-17(23)27-13-5-7-14(8-6-13)28-18(24)20-10-12-26-16(22)4-2/h3-4,13-14H,1-2,5-12H2,(H,19,23)(H,20,24). The van der Waals surface area contributed by atoms with Gasteiger partial charge in [-0.25, -0.2) is 19.2 Å². The van der Waals surface area contributed by atoms with E-state index in [1.54, 1.807) is 0 Å². The SMILES string of the molecule is C=CC(=O)OCCNC(=O)OC1CCC(OC(=O)NCCOC(=O)C=C)CC1. The summed E-state index contributed by atoms with van der Waals surface area (Å²) in [5.41, 5.74) is 0. The molecule has 2 N–H and O–H groups in total. The van der Waals surface area contributed by atoms with Crippen LogP contribution in [0.3, 0.4) is 0 Å². The fourth-order valence-corrected chi connectivity index (χ4v) is 2.38. The topological polar surface area (TPSA) is 129 Å². The van der Waals surface area contributed by atoms with Gasteiger partial charge < -0.3 is 29.6 Å². The van der Waals surface area contributed by atoms with Gasteiger partial charge in [0.25, 0.3) is 0 Å². The van der Waals surface area contributed by atoms with Crippen LogP contribution in [0.4, 0.5) is 9.59 Å². The molecule has 0 atom stereocenters. The molecule has 0 unspecified atom stereocenters. The molecular weight excluding hydrogens is 372 g/mol. The zero-order chi connectivity index (χ0) is 20.8. The molecule has 10 heteroatoms. The van der Waals surface area contributed by atoms with Crippen LogP contribution in [0.15, 0.2) is 25.3 Å². The number of nitrogens with one attached hydrogen (secondary N) is 2. The van der Waals surface area contributed by atoms with Gasteiger partial charge in [-0.15, -0.1) is 0 Å². The summed E-state index contributed by atoms with van der Waals surface area (Å²) < 4.78 is 20.0. The highest BCUT2D eigenvalue weighted by atomic mass is 16.6. The second-order valence-electron chi connectivity index (χ2n) is 5.81. The van der Waals surface area contributed by atoms with Crippen molar-refractivity contribution in [2.45, 2.75) is 37.9 Å². The number of hydrogen-bond acceptors (Lipinski definition) is 8. The molecule has 0 radical (unpaired) electrons. The number of carbonyl (C=O) groups excluding carboxylic acids is 4. The van der Waals surface area contributed by atoms with Gasteiger partial charge in [-0.1, -0.05) is 13.2 Å². The first-order valence-corrected chi connectivity index (χ1v) is 8.92. The Hall–Kier alpha value is -3.04. The van der Waals surface area contributed by atoms with Gasteiger partial charge in [0.1, 0.15) is 25.4 Å². The largest absolute Gasteiger partial charge is 0.461 e. The lowest BCUT2D eigenvalue weighted by atomic mass is 9.95. The lowest BCUT2D eigenvalue weighted by molar-refractivity contribution is -0.138. The number of hydrogen-bond donors (Lipinski definition) is 2. The van der Waals surface area contributed by atoms with Crippen LogP contribution in [0.5, 0.6) is 0 Å². The summed E-state index contributed by atoms with van der Waals surface area (Å²) in [6.07, 6.45) is 2.61. The zero-order valence-corrected chi connectivity index (χ0v) is 15.6. The zero-order valence-electron chi connectivity index (χ0n) is 15.6. The molecule has 1 rings (SSSR count). The Balaban J connectivity index is 2.10. The molecule has 1 aliphatic carbocycles. The van der Waals surface area contributed by atoms with Crippen LogP contribution >= 0.6 is 0 Å². The minimum atomic E-state index is -0.592. The molecule has 1 fully saturated rings. The van der Waals surface area contributed by atoms with E-state index in [1.807, 2.05) is 0 Å². The molecule has 0 heterocycles. The number of esters is 2. The normalized spacial score (nSPS) is 18.1. The maximum absolute atomic E-state index is 11.7. The van der Waals surface area contributed by atoms with Crippen molar-refractivity contribution in [3.8, 4) is 0 Å². The predicted molar refractivity (Wildman–Crippen MR) is 97.3 cm³/mol. The summed E-state index contributed by atoms with van der Waals surface area (Å²) in [5, 5.41) is 4.97. The first-order valence-electron chi connectivity index (χ1n) is 8.92. The molecule has 1 aliphatic rings. The number of carbonyl (C=O) groups is 4. The minimum Gasteiger partial charge on any atom is -0.461 e. The van der Waals surface area contributed by atoms with Gasteiger partial charge in [-0.05, 0) is 25.7 Å². The summed E-state index contributed by atoms with van der Waals surface area (Å²) in [6.45, 7) is 6.86. The second kappa shape index (κ2) is 13.2. The summed E-state index contributed by atoms with van der Waals surface area (Å²) in [6, 6.07) is 0. The number of amides is 2. The van der Waals surface area contributed by atoms with Crippen LogP contribution in [-0.2, 0) is 28.5 Å². The molecule has 28 heavy (non-hydrogen) atoms. The van der Waals surface area contributed by atoms with E-state index in [2.05, 4.69) is 23.8 Å². The lowest BCUT2D eigenvalue weighted by Crippen LogP contribution is -2.36. The van der Waals surface area contributed by atoms with Crippen molar-refractivity contribution < 1.29 is 38.1 Å². The monoisotopic (exact) mass is 398 g/mol. The Kier molecular flexibility index (Phi) is 10.8. The average Bonchev–Trinajstić information content (AvgIpc) is 2.69. The molecule has 2 amide bonds. The summed E-state index contributed by atoms with van der Waals surface area (Å²) >= 11 is 0. The molecule has 0 aromatic heterocycles. The van der Waals surface area contributed by atoms with E-state index in [0.29, 0.717) is 25.7 Å². The molecule has 0 bridgehead atoms. The smallest absolute Gasteiger partial charge is 0.407 e. The van der Waals surface area contributed by atoms with Crippen LogP contribution in [0.25, 0.3) is 0 Å². The molecule has 0 saturated heterocycles. The fourth-order valence-electron chi connectivity index (χ4n) is 2.38. The van der Waals surface area contributed by atoms with Crippen LogP contribution in [0, 0.1) is 0 Å². The van der Waals surface area contributed by atoms with Crippen molar-refractivity contribution in [2.24, 2.45) is 0 Å². The average molecular weight is 398 g/mol. The van der Waals surface area contributed by atoms with E-state index < -0.39 is 24.1 Å². The minimum absolute atomic E-state index is 0.0302. The highest BCUT2D eigenvalue weighted by molar-refractivity contribution is 5.81. The Labute approximate surface area is 163 Å². The lowest BCUT2D eigenvalue weighted by Gasteiger charge is -2.28. The third-order valence-corrected chi connectivity index (χ3v) is 3.73. The van der Waals surface area contributed by atoms with Gasteiger partial charge in [0.2, 0.25) is 0 Å². The molecule has 156 valence electrons. The number of ether oxygens (including phenoxy) is 4. The van der Waals surface area contributed by atoms with Crippen molar-refractivity contribution in [2.75, 3.05) is 26.3 Å². The van der Waals surface area contributed by atoms with Gasteiger partial charge in [-0.2, -0.15) is 0 Å². The second-order valence-corrected chi connectivity index (χ2v) is 5.81. The Bertz CT molecular complexity index is 520. The van der Waals surface area contributed by atoms with Crippen LogP contribution < -0.4 is 10.6 Å². The third kappa shape index (κ3) is 10.2. The number of rotatable bonds is 10. The van der Waals surface area contributed by atoms with E-state index in [-0.39, 0.29) is 38.5 Å². The highest BCUT2D eigenvalue weighted by Crippen LogP contribution is 2.23. The summed E-state index contributed by atoms with van der Waals surface area (Å²) in [5.74, 6) is -1.12. The summed E-state index contributed by atoms with van der Waals surface area (Å²) in [7, 11) is 0. The van der Waals surface area contributed by atoms with Gasteiger partial charge in [0, 0.05) is 12.2 Å². The Morgan fingerprint density at radius 1 is 0.750 bits per heavy atom. The molecular formula is C18H26N2O8. The van der Waals surface area contributed by atoms with Crippen molar-refractivity contribution in [1.82, 2.24) is 10.6 Å². The van der Waals surface area contributed by atoms with E-state index >= 15 is 0 Å². The van der Waals surface area contributed by atoms with Crippen LogP contribution in [0.2, 0.25) is 0 Å². The highest BCUT2D eigenvalue weighted by Gasteiger charge is 2.26. The first kappa shape index (κ1) is 23.0. The molecule has 0 aromatic carbocycles. The van der Waals surface area contributed by atoms with Gasteiger partial charge in [0.15, 0.2) is 0 Å². The van der Waals surface area contributed by atoms with Crippen molar-refractivity contribution in [3.05, 3.63) is 25.3 Å². The van der Waals surface area contributed by atoms with E-state index in [1.165, 1.54) is 0 Å². The Morgan fingerprint density at radius 3 is 1.43 bits per heavy atom. The predicted octanol–water partition coefficient (Wildman–Crippen LogP) is 1.21. The molecule has 0 spiro atoms. The van der Waals surface area contributed by atoms with Gasteiger partial charge in [0.05, 0.1) is 13.1 Å². The van der Waals surface area contributed by atoms with Gasteiger partial charge >= 0.3 is 24.1 Å². The fraction of sp³-hybridized carbons (Fsp3) is 0.556. The van der Waals surface area contributed by atoms with Crippen LogP contribution in [0.1, 0.15) is 25.7 Å². The summed E-state index contributed by atoms with van der Waals surface area (Å²) in [4.78, 5) is 45.0. The van der Waals surface area contributed by atoms with Crippen molar-refractivity contribution in [3.63, 3.8) is 0 Å². The maximum atomic E-state index is 11.7. The van der Waals surface area contributed by atoms with E-state index in [4.69, 9.17) is 18.9 Å². The van der Waals surface area contributed by atoms with Crippen molar-refractivity contribution >= 4 is 24.1 Å². The Morgan fingerprint density at radius 2 is 1.11 bits per heavy atom. The van der Waals surface area contributed by atoms with Crippen molar-refractivity contribution in [1.29, 1.82) is 0 Å².